The van der Waals surface area contributed by atoms with Gasteiger partial charge in [0.1, 0.15) is 18.1 Å². The first-order valence-electron chi connectivity index (χ1n) is 15.0. The smallest absolute Gasteiger partial charge is 0.317 e. The third-order valence-corrected chi connectivity index (χ3v) is 13.5. The molecule has 0 spiro atoms. The van der Waals surface area contributed by atoms with Gasteiger partial charge < -0.3 is 18.6 Å². The van der Waals surface area contributed by atoms with Gasteiger partial charge in [0, 0.05) is 24.8 Å². The summed E-state index contributed by atoms with van der Waals surface area (Å²) >= 11 is 0. The Labute approximate surface area is 256 Å². The van der Waals surface area contributed by atoms with Crippen LogP contribution in [0.2, 0.25) is 18.1 Å². The van der Waals surface area contributed by atoms with Crippen molar-refractivity contribution in [2.45, 2.75) is 90.8 Å². The first-order chi connectivity index (χ1) is 20.1. The Morgan fingerprint density at radius 1 is 1.19 bits per heavy atom. The minimum atomic E-state index is -4.00. The lowest BCUT2D eigenvalue weighted by Crippen LogP contribution is -2.43. The molecule has 238 valence electrons. The molecule has 0 radical (unpaired) electrons. The van der Waals surface area contributed by atoms with Gasteiger partial charge in [-0.05, 0) is 80.9 Å². The molecule has 1 unspecified atom stereocenters. The van der Waals surface area contributed by atoms with Crippen LogP contribution in [0.4, 0.5) is 0 Å². The zero-order valence-corrected chi connectivity index (χ0v) is 28.2. The lowest BCUT2D eigenvalue weighted by Gasteiger charge is -2.36. The van der Waals surface area contributed by atoms with Crippen LogP contribution in [0, 0.1) is 5.92 Å². The fourth-order valence-corrected chi connectivity index (χ4v) is 6.56. The van der Waals surface area contributed by atoms with Crippen LogP contribution in [0.25, 0.3) is 22.3 Å². The van der Waals surface area contributed by atoms with Crippen LogP contribution < -0.4 is 9.16 Å². The molecule has 1 aliphatic rings. The normalized spacial score (nSPS) is 18.0. The number of ether oxygens (including phenoxy) is 3. The second-order valence-corrected chi connectivity index (χ2v) is 19.2. The predicted molar refractivity (Wildman–Crippen MR) is 169 cm³/mol. The van der Waals surface area contributed by atoms with E-state index < -0.39 is 18.4 Å². The average Bonchev–Trinajstić information content (AvgIpc) is 3.29. The molecule has 1 aromatic carbocycles. The Kier molecular flexibility index (Phi) is 10.5. The molecule has 3 heterocycles. The third-order valence-electron chi connectivity index (χ3n) is 8.12. The highest BCUT2D eigenvalue weighted by Crippen LogP contribution is 2.39. The summed E-state index contributed by atoms with van der Waals surface area (Å²) in [6, 6.07) is 8.16. The van der Waals surface area contributed by atoms with Crippen molar-refractivity contribution in [3.8, 4) is 23.1 Å². The second kappa shape index (κ2) is 13.6. The summed E-state index contributed by atoms with van der Waals surface area (Å²) in [7, 11) is -6.06. The maximum Gasteiger partial charge on any atom is 0.317 e. The van der Waals surface area contributed by atoms with E-state index in [1.165, 1.54) is 0 Å². The Morgan fingerprint density at radius 2 is 1.95 bits per heavy atom. The number of fused-ring (bicyclic) bond motifs is 1. The second-order valence-electron chi connectivity index (χ2n) is 13.0. The summed E-state index contributed by atoms with van der Waals surface area (Å²) in [4.78, 5) is 8.98. The van der Waals surface area contributed by atoms with Gasteiger partial charge >= 0.3 is 6.01 Å². The highest BCUT2D eigenvalue weighted by molar-refractivity contribution is 7.85. The van der Waals surface area contributed by atoms with E-state index in [0.717, 1.165) is 35.9 Å². The summed E-state index contributed by atoms with van der Waals surface area (Å²) in [5.74, 6) is 0.305. The van der Waals surface area contributed by atoms with Crippen LogP contribution in [0.1, 0.15) is 66.5 Å². The Balaban J connectivity index is 1.53. The zero-order valence-electron chi connectivity index (χ0n) is 26.4. The Morgan fingerprint density at radius 3 is 2.63 bits per heavy atom. The van der Waals surface area contributed by atoms with E-state index in [2.05, 4.69) is 56.0 Å². The molecule has 0 bridgehead atoms. The first kappa shape index (κ1) is 33.3. The fourth-order valence-electron chi connectivity index (χ4n) is 4.65. The van der Waals surface area contributed by atoms with Crippen molar-refractivity contribution in [3.05, 3.63) is 30.5 Å². The molecule has 4 rings (SSSR count). The molecule has 43 heavy (non-hydrogen) atoms. The largest absolute Gasteiger partial charge is 0.543 e. The molecule has 3 aromatic rings. The molecule has 0 aliphatic carbocycles. The van der Waals surface area contributed by atoms with Gasteiger partial charge in [0.15, 0.2) is 6.23 Å². The Hall–Kier alpha value is -2.58. The lowest BCUT2D eigenvalue weighted by molar-refractivity contribution is -0.0365. The molecular weight excluding hydrogens is 589 g/mol. The molecule has 1 fully saturated rings. The van der Waals surface area contributed by atoms with Gasteiger partial charge in [-0.2, -0.15) is 18.5 Å². The summed E-state index contributed by atoms with van der Waals surface area (Å²) in [5.41, 5.74) is 2.28. The maximum absolute atomic E-state index is 11.1. The number of benzene rings is 1. The van der Waals surface area contributed by atoms with Crippen LogP contribution in [-0.4, -0.2) is 72.7 Å². The highest BCUT2D eigenvalue weighted by atomic mass is 32.2. The molecule has 11 nitrogen and oxygen atoms in total. The van der Waals surface area contributed by atoms with E-state index in [-0.39, 0.29) is 41.7 Å². The van der Waals surface area contributed by atoms with Crippen molar-refractivity contribution in [1.82, 2.24) is 19.7 Å². The molecule has 0 saturated carbocycles. The third kappa shape index (κ3) is 8.97. The fraction of sp³-hybridized carbons (Fsp3) is 0.633. The van der Waals surface area contributed by atoms with E-state index in [4.69, 9.17) is 28.3 Å². The standard InChI is InChI=1S/C30H46N4O7SSi/c1-21(20-42(35,36)37)14-17-38-22(2)19-40-29-31-15-13-25(32-29)28-24-18-23(41-43(6,7)30(3,4)5)11-12-26(24)34(33-28)27-10-8-9-16-39-27/h11-13,15,18,21-22,27H,8-10,14,16-17,19-20H2,1-7H3,(H,35,36,37)/t21-,22+,27?/m1/s1. The van der Waals surface area contributed by atoms with Gasteiger partial charge in [-0.1, -0.05) is 27.7 Å². The predicted octanol–water partition coefficient (Wildman–Crippen LogP) is 6.27. The highest BCUT2D eigenvalue weighted by Gasteiger charge is 2.39. The van der Waals surface area contributed by atoms with Gasteiger partial charge in [0.2, 0.25) is 8.32 Å². The molecule has 1 N–H and O–H groups in total. The van der Waals surface area contributed by atoms with E-state index in [9.17, 15) is 8.42 Å². The van der Waals surface area contributed by atoms with Gasteiger partial charge in [-0.3, -0.25) is 4.55 Å². The van der Waals surface area contributed by atoms with Crippen LogP contribution in [-0.2, 0) is 19.6 Å². The molecular formula is C30H46N4O7SSi. The minimum Gasteiger partial charge on any atom is -0.543 e. The van der Waals surface area contributed by atoms with Crippen molar-refractivity contribution >= 4 is 29.3 Å². The molecule has 0 amide bonds. The maximum atomic E-state index is 11.1. The van der Waals surface area contributed by atoms with Gasteiger partial charge in [-0.25, -0.2) is 9.67 Å². The molecule has 2 aromatic heterocycles. The Bertz CT molecular complexity index is 1480. The van der Waals surface area contributed by atoms with Gasteiger partial charge in [-0.15, -0.1) is 0 Å². The monoisotopic (exact) mass is 634 g/mol. The number of nitrogens with zero attached hydrogens (tertiary/aromatic N) is 4. The van der Waals surface area contributed by atoms with Crippen molar-refractivity contribution in [2.75, 3.05) is 25.6 Å². The number of hydrogen-bond acceptors (Lipinski definition) is 9. The van der Waals surface area contributed by atoms with Crippen LogP contribution in [0.3, 0.4) is 0 Å². The van der Waals surface area contributed by atoms with Crippen molar-refractivity contribution in [2.24, 2.45) is 5.92 Å². The molecule has 3 atom stereocenters. The lowest BCUT2D eigenvalue weighted by atomic mass is 10.1. The summed E-state index contributed by atoms with van der Waals surface area (Å²) in [5, 5.41) is 5.99. The van der Waals surface area contributed by atoms with E-state index in [1.807, 2.05) is 23.7 Å². The van der Waals surface area contributed by atoms with Crippen LogP contribution >= 0.6 is 0 Å². The van der Waals surface area contributed by atoms with E-state index in [1.54, 1.807) is 13.1 Å². The topological polar surface area (TPSA) is 135 Å². The van der Waals surface area contributed by atoms with Crippen molar-refractivity contribution < 1.29 is 31.6 Å². The summed E-state index contributed by atoms with van der Waals surface area (Å²) in [6.45, 7) is 16.0. The van der Waals surface area contributed by atoms with Crippen molar-refractivity contribution in [1.29, 1.82) is 0 Å². The minimum absolute atomic E-state index is 0.0585. The van der Waals surface area contributed by atoms with Crippen LogP contribution in [0.15, 0.2) is 30.5 Å². The summed E-state index contributed by atoms with van der Waals surface area (Å²) < 4.78 is 57.4. The number of aromatic nitrogens is 4. The molecule has 1 aliphatic heterocycles. The number of hydrogen-bond donors (Lipinski definition) is 1. The number of rotatable bonds is 13. The molecule has 13 heteroatoms. The zero-order chi connectivity index (χ0) is 31.4. The van der Waals surface area contributed by atoms with E-state index in [0.29, 0.717) is 31.0 Å². The first-order valence-corrected chi connectivity index (χ1v) is 19.5. The van der Waals surface area contributed by atoms with Crippen molar-refractivity contribution in [3.63, 3.8) is 0 Å². The summed E-state index contributed by atoms with van der Waals surface area (Å²) in [6.07, 6.45) is 4.75. The quantitative estimate of drug-likeness (QED) is 0.169. The van der Waals surface area contributed by atoms with Gasteiger partial charge in [0.05, 0.1) is 23.1 Å². The SMILES string of the molecule is C[C@H](CCO[C@@H](C)COc1nccc(-c2nn(C3CCCCO3)c3ccc(O[Si](C)(C)C(C)(C)C)cc23)n1)CS(=O)(=O)O. The van der Waals surface area contributed by atoms with Gasteiger partial charge in [0.25, 0.3) is 10.1 Å². The van der Waals surface area contributed by atoms with Crippen LogP contribution in [0.5, 0.6) is 11.8 Å². The van der Waals surface area contributed by atoms with E-state index >= 15 is 0 Å². The molecule has 1 saturated heterocycles. The average molecular weight is 635 g/mol.